The average Bonchev–Trinajstić information content (AvgIpc) is 2.91. The monoisotopic (exact) mass is 288 g/mol. The summed E-state index contributed by atoms with van der Waals surface area (Å²) in [5.74, 6) is 1.19. The molecule has 1 fully saturated rings. The zero-order chi connectivity index (χ0) is 14.9. The van der Waals surface area contributed by atoms with E-state index >= 15 is 0 Å². The molecule has 5 heteroatoms. The van der Waals surface area contributed by atoms with Crippen LogP contribution in [0.4, 0.5) is 5.82 Å². The molecule has 0 radical (unpaired) electrons. The lowest BCUT2D eigenvalue weighted by molar-refractivity contribution is 0.0167. The molecule has 0 aliphatic heterocycles. The molecule has 0 amide bonds. The summed E-state index contributed by atoms with van der Waals surface area (Å²) in [5.41, 5.74) is 1.44. The zero-order valence-corrected chi connectivity index (χ0v) is 12.8. The fourth-order valence-electron chi connectivity index (χ4n) is 2.99. The number of hydrogen-bond donors (Lipinski definition) is 2. The molecule has 2 heterocycles. The first-order valence-electron chi connectivity index (χ1n) is 7.88. The minimum Gasteiger partial charge on any atom is -0.388 e. The van der Waals surface area contributed by atoms with Crippen molar-refractivity contribution in [3.05, 3.63) is 24.2 Å². The molecular weight excluding hydrogens is 264 g/mol. The smallest absolute Gasteiger partial charge is 0.152 e. The predicted octanol–water partition coefficient (Wildman–Crippen LogP) is 2.96. The lowest BCUT2D eigenvalue weighted by Gasteiger charge is -2.32. The van der Waals surface area contributed by atoms with E-state index in [2.05, 4.69) is 35.3 Å². The van der Waals surface area contributed by atoms with E-state index in [9.17, 15) is 5.11 Å². The highest BCUT2D eigenvalue weighted by molar-refractivity contribution is 5.68. The van der Waals surface area contributed by atoms with E-state index in [0.717, 1.165) is 42.7 Å². The molecule has 2 aromatic heterocycles. The molecule has 0 saturated heterocycles. The van der Waals surface area contributed by atoms with E-state index in [0.29, 0.717) is 12.5 Å². The molecule has 0 bridgehead atoms. The van der Waals surface area contributed by atoms with E-state index in [1.165, 1.54) is 6.42 Å². The Labute approximate surface area is 125 Å². The van der Waals surface area contributed by atoms with Crippen molar-refractivity contribution in [1.29, 1.82) is 0 Å². The Morgan fingerprint density at radius 3 is 2.81 bits per heavy atom. The molecule has 2 aromatic rings. The molecule has 0 spiro atoms. The Bertz CT molecular complexity index is 614. The number of nitrogens with one attached hydrogen (secondary N) is 1. The molecule has 0 unspecified atom stereocenters. The van der Waals surface area contributed by atoms with Crippen LogP contribution < -0.4 is 5.32 Å². The van der Waals surface area contributed by atoms with E-state index in [1.54, 1.807) is 6.20 Å². The Morgan fingerprint density at radius 2 is 2.10 bits per heavy atom. The number of rotatable bonds is 4. The first kappa shape index (κ1) is 14.3. The highest BCUT2D eigenvalue weighted by atomic mass is 16.3. The van der Waals surface area contributed by atoms with Crippen LogP contribution in [0.3, 0.4) is 0 Å². The number of fused-ring (bicyclic) bond motifs is 1. The molecule has 0 atom stereocenters. The van der Waals surface area contributed by atoms with E-state index in [4.69, 9.17) is 0 Å². The lowest BCUT2D eigenvalue weighted by atomic mass is 9.85. The third kappa shape index (κ3) is 3.02. The van der Waals surface area contributed by atoms with Gasteiger partial charge in [0.2, 0.25) is 0 Å². The summed E-state index contributed by atoms with van der Waals surface area (Å²) in [7, 11) is 0. The number of anilines is 1. The molecule has 21 heavy (non-hydrogen) atoms. The molecular formula is C16H24N4O. The molecule has 114 valence electrons. The van der Waals surface area contributed by atoms with Gasteiger partial charge in [-0.2, -0.15) is 5.10 Å². The fourth-order valence-corrected chi connectivity index (χ4v) is 2.99. The molecule has 1 aliphatic carbocycles. The summed E-state index contributed by atoms with van der Waals surface area (Å²) in [6, 6.07) is 2.07. The van der Waals surface area contributed by atoms with Crippen molar-refractivity contribution in [2.75, 3.05) is 11.9 Å². The second kappa shape index (κ2) is 5.64. The summed E-state index contributed by atoms with van der Waals surface area (Å²) in [6.07, 6.45) is 8.81. The summed E-state index contributed by atoms with van der Waals surface area (Å²) >= 11 is 0. The lowest BCUT2D eigenvalue weighted by Crippen LogP contribution is -2.39. The molecule has 1 saturated carbocycles. The largest absolute Gasteiger partial charge is 0.388 e. The van der Waals surface area contributed by atoms with E-state index in [1.807, 2.05) is 10.7 Å². The van der Waals surface area contributed by atoms with Crippen LogP contribution in [0.2, 0.25) is 0 Å². The molecule has 2 N–H and O–H groups in total. The maximum absolute atomic E-state index is 10.6. The van der Waals surface area contributed by atoms with Crippen LogP contribution in [-0.4, -0.2) is 31.9 Å². The van der Waals surface area contributed by atoms with E-state index in [-0.39, 0.29) is 0 Å². The van der Waals surface area contributed by atoms with Crippen molar-refractivity contribution in [2.24, 2.45) is 0 Å². The second-order valence-corrected chi connectivity index (χ2v) is 6.47. The van der Waals surface area contributed by atoms with Gasteiger partial charge < -0.3 is 10.4 Å². The number of hydrogen-bond acceptors (Lipinski definition) is 4. The van der Waals surface area contributed by atoms with Crippen LogP contribution >= 0.6 is 0 Å². The normalized spacial score (nSPS) is 18.3. The topological polar surface area (TPSA) is 62.5 Å². The minimum absolute atomic E-state index is 0.389. The van der Waals surface area contributed by atoms with Crippen molar-refractivity contribution in [2.45, 2.75) is 57.5 Å². The van der Waals surface area contributed by atoms with Crippen LogP contribution in [-0.2, 0) is 0 Å². The van der Waals surface area contributed by atoms with Gasteiger partial charge in [0, 0.05) is 18.9 Å². The van der Waals surface area contributed by atoms with Gasteiger partial charge in [-0.3, -0.25) is 0 Å². The number of nitrogens with zero attached hydrogens (tertiary/aromatic N) is 3. The maximum Gasteiger partial charge on any atom is 0.152 e. The fraction of sp³-hybridized carbons (Fsp3) is 0.625. The van der Waals surface area contributed by atoms with Crippen LogP contribution in [0.5, 0.6) is 0 Å². The van der Waals surface area contributed by atoms with Gasteiger partial charge in [-0.1, -0.05) is 33.1 Å². The van der Waals surface area contributed by atoms with Gasteiger partial charge in [-0.15, -0.1) is 0 Å². The Morgan fingerprint density at radius 1 is 1.33 bits per heavy atom. The number of aliphatic hydroxyl groups is 1. The van der Waals surface area contributed by atoms with Gasteiger partial charge in [0.25, 0.3) is 0 Å². The van der Waals surface area contributed by atoms with Gasteiger partial charge in [-0.25, -0.2) is 9.50 Å². The molecule has 1 aliphatic rings. The predicted molar refractivity (Wildman–Crippen MR) is 83.6 cm³/mol. The summed E-state index contributed by atoms with van der Waals surface area (Å²) in [6.45, 7) is 4.82. The highest BCUT2D eigenvalue weighted by Gasteiger charge is 2.29. The van der Waals surface area contributed by atoms with Crippen molar-refractivity contribution in [1.82, 2.24) is 14.6 Å². The van der Waals surface area contributed by atoms with Crippen molar-refractivity contribution >= 4 is 11.3 Å². The van der Waals surface area contributed by atoms with Crippen LogP contribution in [0, 0.1) is 0 Å². The standard InChI is InChI=1S/C16H24N4O/c1-12(2)13-10-14-15(17-8-9-20(14)19-13)18-11-16(21)6-4-3-5-7-16/h8-10,12,21H,3-7,11H2,1-2H3,(H,17,18). The Hall–Kier alpha value is -1.62. The van der Waals surface area contributed by atoms with Crippen molar-refractivity contribution in [3.63, 3.8) is 0 Å². The SMILES string of the molecule is CC(C)c1cc2c(NCC3(O)CCCCC3)nccn2n1. The van der Waals surface area contributed by atoms with Crippen LogP contribution in [0.1, 0.15) is 57.6 Å². The van der Waals surface area contributed by atoms with E-state index < -0.39 is 5.60 Å². The van der Waals surface area contributed by atoms with Gasteiger partial charge in [-0.05, 0) is 24.8 Å². The third-order valence-corrected chi connectivity index (χ3v) is 4.37. The summed E-state index contributed by atoms with van der Waals surface area (Å²) in [4.78, 5) is 4.41. The van der Waals surface area contributed by atoms with Gasteiger partial charge in [0.05, 0.1) is 11.3 Å². The minimum atomic E-state index is -0.590. The first-order chi connectivity index (χ1) is 10.1. The highest BCUT2D eigenvalue weighted by Crippen LogP contribution is 2.28. The molecule has 0 aromatic carbocycles. The van der Waals surface area contributed by atoms with Gasteiger partial charge in [0.1, 0.15) is 5.52 Å². The average molecular weight is 288 g/mol. The van der Waals surface area contributed by atoms with Gasteiger partial charge >= 0.3 is 0 Å². The Balaban J connectivity index is 1.80. The number of aromatic nitrogens is 3. The van der Waals surface area contributed by atoms with Crippen LogP contribution in [0.15, 0.2) is 18.5 Å². The van der Waals surface area contributed by atoms with Crippen LogP contribution in [0.25, 0.3) is 5.52 Å². The van der Waals surface area contributed by atoms with Crippen molar-refractivity contribution in [3.8, 4) is 0 Å². The quantitative estimate of drug-likeness (QED) is 0.908. The van der Waals surface area contributed by atoms with Crippen molar-refractivity contribution < 1.29 is 5.11 Å². The maximum atomic E-state index is 10.6. The molecule has 5 nitrogen and oxygen atoms in total. The molecule has 3 rings (SSSR count). The van der Waals surface area contributed by atoms with Gasteiger partial charge in [0.15, 0.2) is 5.82 Å². The Kier molecular flexibility index (Phi) is 3.85. The summed E-state index contributed by atoms with van der Waals surface area (Å²) < 4.78 is 1.86. The third-order valence-electron chi connectivity index (χ3n) is 4.37. The second-order valence-electron chi connectivity index (χ2n) is 6.47. The summed E-state index contributed by atoms with van der Waals surface area (Å²) in [5, 5.41) is 18.5. The first-order valence-corrected chi connectivity index (χ1v) is 7.88. The zero-order valence-electron chi connectivity index (χ0n) is 12.8.